The summed E-state index contributed by atoms with van der Waals surface area (Å²) >= 11 is 0. The number of urea groups is 1. The molecule has 1 N–H and O–H groups in total. The summed E-state index contributed by atoms with van der Waals surface area (Å²) in [4.78, 5) is 41.5. The number of amides is 3. The fraction of sp³-hybridized carbons (Fsp3) is 0.292. The van der Waals surface area contributed by atoms with Crippen molar-refractivity contribution in [2.75, 3.05) is 24.6 Å². The first-order valence-corrected chi connectivity index (χ1v) is 10.3. The molecule has 0 saturated heterocycles. The molecule has 7 nitrogen and oxygen atoms in total. The molecule has 0 spiro atoms. The smallest absolute Gasteiger partial charge is 0.338 e. The lowest BCUT2D eigenvalue weighted by Crippen LogP contribution is -2.51. The number of likely N-dealkylation sites (N-methyl/N-ethyl adjacent to an activating group) is 1. The molecule has 31 heavy (non-hydrogen) atoms. The molecule has 2 heterocycles. The molecule has 2 aromatic rings. The van der Waals surface area contributed by atoms with Crippen LogP contribution in [0.25, 0.3) is 0 Å². The van der Waals surface area contributed by atoms with Gasteiger partial charge in [-0.15, -0.1) is 0 Å². The number of carbonyl (C=O) groups excluding carboxylic acids is 3. The second-order valence-electron chi connectivity index (χ2n) is 7.79. The lowest BCUT2D eigenvalue weighted by atomic mass is 9.95. The molecule has 0 unspecified atom stereocenters. The van der Waals surface area contributed by atoms with E-state index in [1.807, 2.05) is 69.3 Å². The number of nitrogens with zero attached hydrogens (tertiary/aromatic N) is 2. The number of esters is 1. The lowest BCUT2D eigenvalue weighted by Gasteiger charge is -2.33. The highest BCUT2D eigenvalue weighted by atomic mass is 16.5. The number of anilines is 1. The Morgan fingerprint density at radius 2 is 1.87 bits per heavy atom. The van der Waals surface area contributed by atoms with E-state index in [1.165, 1.54) is 4.90 Å². The second-order valence-corrected chi connectivity index (χ2v) is 7.79. The van der Waals surface area contributed by atoms with Gasteiger partial charge in [0.1, 0.15) is 13.2 Å². The average Bonchev–Trinajstić information content (AvgIpc) is 3.13. The van der Waals surface area contributed by atoms with E-state index in [2.05, 4.69) is 5.32 Å². The van der Waals surface area contributed by atoms with Gasteiger partial charge in [0, 0.05) is 12.2 Å². The van der Waals surface area contributed by atoms with Gasteiger partial charge in [0.2, 0.25) is 5.91 Å². The highest BCUT2D eigenvalue weighted by molar-refractivity contribution is 6.00. The zero-order chi connectivity index (χ0) is 22.1. The number of aryl methyl sites for hydroxylation is 2. The predicted octanol–water partition coefficient (Wildman–Crippen LogP) is 3.23. The maximum absolute atomic E-state index is 13.1. The molecule has 7 heteroatoms. The normalized spacial score (nSPS) is 17.9. The summed E-state index contributed by atoms with van der Waals surface area (Å²) in [6, 6.07) is 14.3. The molecule has 0 aliphatic carbocycles. The summed E-state index contributed by atoms with van der Waals surface area (Å²) in [6.45, 7) is 6.09. The van der Waals surface area contributed by atoms with E-state index in [-0.39, 0.29) is 19.1 Å². The number of hydrogen-bond donors (Lipinski definition) is 1. The van der Waals surface area contributed by atoms with Crippen LogP contribution in [-0.4, -0.2) is 42.5 Å². The van der Waals surface area contributed by atoms with Crippen LogP contribution in [0.1, 0.15) is 29.7 Å². The van der Waals surface area contributed by atoms with Crippen LogP contribution in [0.2, 0.25) is 0 Å². The summed E-state index contributed by atoms with van der Waals surface area (Å²) in [5.74, 6) is -0.702. The topological polar surface area (TPSA) is 79.0 Å². The quantitative estimate of drug-likeness (QED) is 0.755. The first-order chi connectivity index (χ1) is 14.9. The van der Waals surface area contributed by atoms with E-state index in [4.69, 9.17) is 4.74 Å². The van der Waals surface area contributed by atoms with Crippen LogP contribution in [-0.2, 0) is 14.3 Å². The van der Waals surface area contributed by atoms with Gasteiger partial charge in [-0.1, -0.05) is 42.0 Å². The zero-order valence-electron chi connectivity index (χ0n) is 17.8. The van der Waals surface area contributed by atoms with Gasteiger partial charge in [-0.25, -0.2) is 9.59 Å². The lowest BCUT2D eigenvalue weighted by molar-refractivity contribution is -0.136. The minimum Gasteiger partial charge on any atom is -0.456 e. The fourth-order valence-corrected chi connectivity index (χ4v) is 4.01. The third kappa shape index (κ3) is 3.91. The highest BCUT2D eigenvalue weighted by Gasteiger charge is 2.43. The zero-order valence-corrected chi connectivity index (χ0v) is 17.8. The van der Waals surface area contributed by atoms with E-state index in [9.17, 15) is 14.4 Å². The van der Waals surface area contributed by atoms with Crippen molar-refractivity contribution >= 4 is 23.6 Å². The highest BCUT2D eigenvalue weighted by Crippen LogP contribution is 2.35. The molecule has 160 valence electrons. The molecule has 2 aliphatic rings. The molecule has 0 saturated carbocycles. The van der Waals surface area contributed by atoms with Gasteiger partial charge in [0.15, 0.2) is 0 Å². The molecule has 1 atom stereocenters. The number of hydrogen-bond acceptors (Lipinski definition) is 4. The van der Waals surface area contributed by atoms with E-state index >= 15 is 0 Å². The third-order valence-electron chi connectivity index (χ3n) is 5.63. The van der Waals surface area contributed by atoms with Gasteiger partial charge in [-0.2, -0.15) is 0 Å². The van der Waals surface area contributed by atoms with Crippen LogP contribution >= 0.6 is 0 Å². The first-order valence-electron chi connectivity index (χ1n) is 10.3. The van der Waals surface area contributed by atoms with Crippen molar-refractivity contribution in [3.63, 3.8) is 0 Å². The van der Waals surface area contributed by atoms with Crippen LogP contribution in [0.4, 0.5) is 10.5 Å². The monoisotopic (exact) mass is 419 g/mol. The fourth-order valence-electron chi connectivity index (χ4n) is 4.01. The molecule has 2 aromatic carbocycles. The molecule has 2 aliphatic heterocycles. The minimum atomic E-state index is -0.594. The average molecular weight is 419 g/mol. The van der Waals surface area contributed by atoms with Gasteiger partial charge < -0.3 is 15.0 Å². The molecular formula is C24H25N3O4. The number of cyclic esters (lactones) is 1. The maximum Gasteiger partial charge on any atom is 0.338 e. The minimum absolute atomic E-state index is 0.0200. The molecule has 0 radical (unpaired) electrons. The van der Waals surface area contributed by atoms with Crippen LogP contribution in [0.15, 0.2) is 59.8 Å². The van der Waals surface area contributed by atoms with Gasteiger partial charge >= 0.3 is 12.0 Å². The predicted molar refractivity (Wildman–Crippen MR) is 116 cm³/mol. The molecule has 0 fully saturated rings. The Labute approximate surface area is 181 Å². The van der Waals surface area contributed by atoms with Crippen molar-refractivity contribution < 1.29 is 19.1 Å². The van der Waals surface area contributed by atoms with Crippen molar-refractivity contribution in [3.05, 3.63) is 76.5 Å². The standard InChI is InChI=1S/C24H25N3O4/c1-4-26(18-7-5-6-16(3)12-18)20(28)13-27-19-14-31-23(29)21(19)22(25-24(27)30)17-10-8-15(2)9-11-17/h5-12,22H,4,13-14H2,1-3H3,(H,25,30)/t22-/m0/s1. The Bertz CT molecular complexity index is 1070. The Kier molecular flexibility index (Phi) is 5.50. The first kappa shape index (κ1) is 20.7. The maximum atomic E-state index is 13.1. The number of rotatable bonds is 5. The van der Waals surface area contributed by atoms with E-state index < -0.39 is 18.0 Å². The van der Waals surface area contributed by atoms with E-state index in [1.54, 1.807) is 4.90 Å². The molecule has 0 bridgehead atoms. The number of ether oxygens (including phenoxy) is 1. The van der Waals surface area contributed by atoms with Crippen LogP contribution in [0.3, 0.4) is 0 Å². The summed E-state index contributed by atoms with van der Waals surface area (Å²) in [6.07, 6.45) is 0. The SMILES string of the molecule is CCN(C(=O)CN1C(=O)N[C@@H](c2ccc(C)cc2)C2=C1COC2=O)c1cccc(C)c1. The Balaban J connectivity index is 1.63. The Morgan fingerprint density at radius 3 is 2.55 bits per heavy atom. The number of benzene rings is 2. The van der Waals surface area contributed by atoms with E-state index in [0.717, 1.165) is 22.4 Å². The molecular weight excluding hydrogens is 394 g/mol. The summed E-state index contributed by atoms with van der Waals surface area (Å²) in [5, 5.41) is 2.87. The summed E-state index contributed by atoms with van der Waals surface area (Å²) in [5.41, 5.74) is 4.53. The summed E-state index contributed by atoms with van der Waals surface area (Å²) < 4.78 is 5.25. The van der Waals surface area contributed by atoms with Gasteiger partial charge in [-0.05, 0) is 44.0 Å². The van der Waals surface area contributed by atoms with Gasteiger partial charge in [0.25, 0.3) is 0 Å². The molecule has 0 aromatic heterocycles. The molecule has 3 amide bonds. The van der Waals surface area contributed by atoms with Crippen molar-refractivity contribution in [2.45, 2.75) is 26.8 Å². The van der Waals surface area contributed by atoms with Crippen molar-refractivity contribution in [1.29, 1.82) is 0 Å². The number of carbonyl (C=O) groups is 3. The summed E-state index contributed by atoms with van der Waals surface area (Å²) in [7, 11) is 0. The third-order valence-corrected chi connectivity index (χ3v) is 5.63. The van der Waals surface area contributed by atoms with Gasteiger partial charge in [0.05, 0.1) is 17.3 Å². The van der Waals surface area contributed by atoms with Gasteiger partial charge in [-0.3, -0.25) is 9.69 Å². The van der Waals surface area contributed by atoms with Crippen molar-refractivity contribution in [1.82, 2.24) is 10.2 Å². The van der Waals surface area contributed by atoms with Crippen molar-refractivity contribution in [2.24, 2.45) is 0 Å². The largest absolute Gasteiger partial charge is 0.456 e. The van der Waals surface area contributed by atoms with Crippen LogP contribution in [0, 0.1) is 13.8 Å². The second kappa shape index (κ2) is 8.26. The van der Waals surface area contributed by atoms with E-state index in [0.29, 0.717) is 17.8 Å². The van der Waals surface area contributed by atoms with Crippen LogP contribution < -0.4 is 10.2 Å². The number of nitrogens with one attached hydrogen (secondary N) is 1. The molecule has 4 rings (SSSR count). The van der Waals surface area contributed by atoms with Crippen LogP contribution in [0.5, 0.6) is 0 Å². The Morgan fingerprint density at radius 1 is 1.13 bits per heavy atom. The van der Waals surface area contributed by atoms with Crippen molar-refractivity contribution in [3.8, 4) is 0 Å². The Hall–Kier alpha value is -3.61.